The number of nitrogens with zero attached hydrogens (tertiary/aromatic N) is 1. The van der Waals surface area contributed by atoms with Gasteiger partial charge in [0.2, 0.25) is 0 Å². The van der Waals surface area contributed by atoms with Crippen molar-refractivity contribution in [2.24, 2.45) is 0 Å². The van der Waals surface area contributed by atoms with E-state index in [2.05, 4.69) is 35.4 Å². The summed E-state index contributed by atoms with van der Waals surface area (Å²) in [7, 11) is 1.72. The summed E-state index contributed by atoms with van der Waals surface area (Å²) >= 11 is 0. The minimum Gasteiger partial charge on any atom is -0.497 e. The Morgan fingerprint density at radius 2 is 2.20 bits per heavy atom. The van der Waals surface area contributed by atoms with Crippen LogP contribution in [0.1, 0.15) is 35.6 Å². The predicted molar refractivity (Wildman–Crippen MR) is 81.3 cm³/mol. The van der Waals surface area contributed by atoms with E-state index in [0.717, 1.165) is 24.3 Å². The Balaban J connectivity index is 1.91. The van der Waals surface area contributed by atoms with Crippen molar-refractivity contribution in [1.29, 1.82) is 0 Å². The number of fused-ring (bicyclic) bond motifs is 1. The highest BCUT2D eigenvalue weighted by Gasteiger charge is 2.21. The Bertz CT molecular complexity index is 610. The van der Waals surface area contributed by atoms with Crippen molar-refractivity contribution >= 4 is 5.69 Å². The average molecular weight is 268 g/mol. The molecule has 0 saturated heterocycles. The largest absolute Gasteiger partial charge is 0.497 e. The summed E-state index contributed by atoms with van der Waals surface area (Å²) in [5, 5.41) is 3.64. The first-order valence-electron chi connectivity index (χ1n) is 7.12. The molecule has 0 aliphatic heterocycles. The Morgan fingerprint density at radius 1 is 1.30 bits per heavy atom. The molecule has 1 heterocycles. The van der Waals surface area contributed by atoms with Crippen LogP contribution in [0.25, 0.3) is 0 Å². The quantitative estimate of drug-likeness (QED) is 0.917. The molecule has 0 radical (unpaired) electrons. The van der Waals surface area contributed by atoms with E-state index in [1.54, 1.807) is 7.11 Å². The van der Waals surface area contributed by atoms with Crippen LogP contribution in [-0.4, -0.2) is 12.1 Å². The molecule has 0 saturated carbocycles. The molecular weight excluding hydrogens is 248 g/mol. The van der Waals surface area contributed by atoms with Crippen LogP contribution >= 0.6 is 0 Å². The Hall–Kier alpha value is -2.03. The van der Waals surface area contributed by atoms with Gasteiger partial charge < -0.3 is 10.1 Å². The highest BCUT2D eigenvalue weighted by molar-refractivity contribution is 5.51. The first kappa shape index (κ1) is 13.0. The second kappa shape index (κ2) is 5.53. The molecule has 0 fully saturated rings. The van der Waals surface area contributed by atoms with Crippen molar-refractivity contribution in [3.63, 3.8) is 0 Å². The van der Waals surface area contributed by atoms with Crippen molar-refractivity contribution in [3.05, 3.63) is 53.3 Å². The van der Waals surface area contributed by atoms with Gasteiger partial charge in [-0.2, -0.15) is 0 Å². The molecule has 1 aromatic heterocycles. The standard InChI is InChI=1S/C17H20N2O/c1-12-8-9-18-11-17(12)19-16-5-3-4-13-6-7-14(20-2)10-15(13)16/h6-11,16,19H,3-5H2,1-2H3. The third-order valence-corrected chi connectivity index (χ3v) is 4.04. The van der Waals surface area contributed by atoms with Crippen molar-refractivity contribution in [2.75, 3.05) is 12.4 Å². The monoisotopic (exact) mass is 268 g/mol. The molecule has 0 spiro atoms. The van der Waals surface area contributed by atoms with Gasteiger partial charge in [-0.3, -0.25) is 4.98 Å². The van der Waals surface area contributed by atoms with Gasteiger partial charge in [-0.25, -0.2) is 0 Å². The smallest absolute Gasteiger partial charge is 0.119 e. The molecule has 0 amide bonds. The maximum atomic E-state index is 5.36. The molecule has 1 aromatic carbocycles. The van der Waals surface area contributed by atoms with E-state index in [9.17, 15) is 0 Å². The maximum absolute atomic E-state index is 5.36. The van der Waals surface area contributed by atoms with Crippen LogP contribution in [0.4, 0.5) is 5.69 Å². The average Bonchev–Trinajstić information content (AvgIpc) is 2.49. The Labute approximate surface area is 120 Å². The van der Waals surface area contributed by atoms with Gasteiger partial charge in [0.1, 0.15) is 5.75 Å². The molecule has 20 heavy (non-hydrogen) atoms. The first-order valence-corrected chi connectivity index (χ1v) is 7.12. The van der Waals surface area contributed by atoms with Gasteiger partial charge in [0, 0.05) is 6.20 Å². The number of ether oxygens (including phenoxy) is 1. The van der Waals surface area contributed by atoms with Crippen molar-refractivity contribution in [3.8, 4) is 5.75 Å². The van der Waals surface area contributed by atoms with Crippen LogP contribution in [0.15, 0.2) is 36.7 Å². The fourth-order valence-corrected chi connectivity index (χ4v) is 2.86. The van der Waals surface area contributed by atoms with Crippen LogP contribution in [0.5, 0.6) is 5.75 Å². The predicted octanol–water partition coefficient (Wildman–Crippen LogP) is 3.89. The third-order valence-electron chi connectivity index (χ3n) is 4.04. The number of benzene rings is 1. The van der Waals surface area contributed by atoms with Crippen LogP contribution in [0.3, 0.4) is 0 Å². The van der Waals surface area contributed by atoms with Gasteiger partial charge in [0.15, 0.2) is 0 Å². The third kappa shape index (κ3) is 2.48. The minimum absolute atomic E-state index is 0.344. The number of nitrogens with one attached hydrogen (secondary N) is 1. The zero-order valence-electron chi connectivity index (χ0n) is 12.0. The summed E-state index contributed by atoms with van der Waals surface area (Å²) in [4.78, 5) is 4.21. The van der Waals surface area contributed by atoms with E-state index in [4.69, 9.17) is 4.74 Å². The topological polar surface area (TPSA) is 34.1 Å². The lowest BCUT2D eigenvalue weighted by atomic mass is 9.87. The molecule has 3 nitrogen and oxygen atoms in total. The van der Waals surface area contributed by atoms with Gasteiger partial charge in [-0.1, -0.05) is 6.07 Å². The molecule has 1 unspecified atom stereocenters. The maximum Gasteiger partial charge on any atom is 0.119 e. The number of pyridine rings is 1. The Morgan fingerprint density at radius 3 is 3.00 bits per heavy atom. The van der Waals surface area contributed by atoms with Crippen LogP contribution in [-0.2, 0) is 6.42 Å². The number of methoxy groups -OCH3 is 1. The number of hydrogen-bond donors (Lipinski definition) is 1. The van der Waals surface area contributed by atoms with E-state index in [0.29, 0.717) is 6.04 Å². The normalized spacial score (nSPS) is 17.4. The number of rotatable bonds is 3. The zero-order chi connectivity index (χ0) is 13.9. The minimum atomic E-state index is 0.344. The van der Waals surface area contributed by atoms with Crippen molar-refractivity contribution in [2.45, 2.75) is 32.2 Å². The fraction of sp³-hybridized carbons (Fsp3) is 0.353. The summed E-state index contributed by atoms with van der Waals surface area (Å²) in [6.45, 7) is 2.11. The lowest BCUT2D eigenvalue weighted by Gasteiger charge is -2.28. The fourth-order valence-electron chi connectivity index (χ4n) is 2.86. The van der Waals surface area contributed by atoms with Gasteiger partial charge in [-0.05, 0) is 61.1 Å². The summed E-state index contributed by atoms with van der Waals surface area (Å²) in [5.41, 5.74) is 5.14. The van der Waals surface area contributed by atoms with Gasteiger partial charge in [0.05, 0.1) is 25.0 Å². The number of aromatic nitrogens is 1. The molecule has 1 aliphatic carbocycles. The summed E-state index contributed by atoms with van der Waals surface area (Å²) in [6, 6.07) is 8.79. The zero-order valence-corrected chi connectivity index (χ0v) is 12.0. The first-order chi connectivity index (χ1) is 9.78. The van der Waals surface area contributed by atoms with Crippen molar-refractivity contribution in [1.82, 2.24) is 4.98 Å². The molecular formula is C17H20N2O. The highest BCUT2D eigenvalue weighted by atomic mass is 16.5. The lowest BCUT2D eigenvalue weighted by Crippen LogP contribution is -2.18. The molecule has 3 heteroatoms. The number of aryl methyl sites for hydroxylation is 2. The summed E-state index contributed by atoms with van der Waals surface area (Å²) in [6.07, 6.45) is 7.26. The van der Waals surface area contributed by atoms with E-state index in [1.807, 2.05) is 18.5 Å². The second-order valence-electron chi connectivity index (χ2n) is 5.34. The van der Waals surface area contributed by atoms with Crippen LogP contribution in [0.2, 0.25) is 0 Å². The van der Waals surface area contributed by atoms with Gasteiger partial charge in [-0.15, -0.1) is 0 Å². The SMILES string of the molecule is COc1ccc2c(c1)C(Nc1cnccc1C)CCC2. The lowest BCUT2D eigenvalue weighted by molar-refractivity contribution is 0.413. The molecule has 3 rings (SSSR count). The van der Waals surface area contributed by atoms with Gasteiger partial charge >= 0.3 is 0 Å². The van der Waals surface area contributed by atoms with Crippen LogP contribution in [0, 0.1) is 6.92 Å². The van der Waals surface area contributed by atoms with Crippen LogP contribution < -0.4 is 10.1 Å². The number of hydrogen-bond acceptors (Lipinski definition) is 3. The molecule has 2 aromatic rings. The molecule has 0 bridgehead atoms. The molecule has 1 aliphatic rings. The number of anilines is 1. The highest BCUT2D eigenvalue weighted by Crippen LogP contribution is 2.35. The molecule has 1 atom stereocenters. The second-order valence-corrected chi connectivity index (χ2v) is 5.34. The van der Waals surface area contributed by atoms with Crippen molar-refractivity contribution < 1.29 is 4.74 Å². The Kier molecular flexibility index (Phi) is 3.59. The van der Waals surface area contributed by atoms with Gasteiger partial charge in [0.25, 0.3) is 0 Å². The summed E-state index contributed by atoms with van der Waals surface area (Å²) in [5.74, 6) is 0.931. The summed E-state index contributed by atoms with van der Waals surface area (Å²) < 4.78 is 5.36. The molecule has 1 N–H and O–H groups in total. The van der Waals surface area contributed by atoms with E-state index < -0.39 is 0 Å². The molecule has 104 valence electrons. The van der Waals surface area contributed by atoms with E-state index in [1.165, 1.54) is 23.1 Å². The van der Waals surface area contributed by atoms with E-state index in [-0.39, 0.29) is 0 Å². The van der Waals surface area contributed by atoms with E-state index >= 15 is 0 Å².